The summed E-state index contributed by atoms with van der Waals surface area (Å²) in [6, 6.07) is 0.223. The molecule has 19 heavy (non-hydrogen) atoms. The normalized spacial score (nSPS) is 25.0. The average Bonchev–Trinajstić information content (AvgIpc) is 2.83. The summed E-state index contributed by atoms with van der Waals surface area (Å²) in [5, 5.41) is 6.33. The van der Waals surface area contributed by atoms with E-state index in [2.05, 4.69) is 22.5 Å². The van der Waals surface area contributed by atoms with Crippen molar-refractivity contribution in [3.8, 4) is 0 Å². The summed E-state index contributed by atoms with van der Waals surface area (Å²) in [5.74, 6) is 0.373. The quantitative estimate of drug-likeness (QED) is 0.782. The largest absolute Gasteiger partial charge is 0.379 e. The first kappa shape index (κ1) is 18.9. The van der Waals surface area contributed by atoms with Crippen LogP contribution in [0.25, 0.3) is 0 Å². The molecular formula is C12H25Cl2N3O2. The van der Waals surface area contributed by atoms with Gasteiger partial charge < -0.3 is 15.4 Å². The standard InChI is InChI=1S/C12H23N3O2.2ClH/c1-10(9-15-4-6-17-7-5-15)14-12(16)11-2-3-13-8-11;;/h10-11,13H,2-9H2,1H3,(H,14,16);2*1H. The maximum atomic E-state index is 11.9. The Hall–Kier alpha value is -0.0700. The molecule has 2 unspecified atom stereocenters. The van der Waals surface area contributed by atoms with Gasteiger partial charge in [0.15, 0.2) is 0 Å². The Kier molecular flexibility index (Phi) is 9.74. The minimum atomic E-state index is 0. The number of carbonyl (C=O) groups is 1. The summed E-state index contributed by atoms with van der Waals surface area (Å²) in [6.07, 6.45) is 0.968. The first-order valence-corrected chi connectivity index (χ1v) is 6.57. The molecule has 2 saturated heterocycles. The van der Waals surface area contributed by atoms with Crippen LogP contribution in [0.3, 0.4) is 0 Å². The van der Waals surface area contributed by atoms with E-state index in [1.807, 2.05) is 0 Å². The van der Waals surface area contributed by atoms with E-state index in [9.17, 15) is 4.79 Å². The van der Waals surface area contributed by atoms with Crippen LogP contribution in [0.4, 0.5) is 0 Å². The molecule has 2 aliphatic heterocycles. The predicted molar refractivity (Wildman–Crippen MR) is 80.3 cm³/mol. The Balaban J connectivity index is 0.00000162. The number of halogens is 2. The maximum absolute atomic E-state index is 11.9. The number of hydrogen-bond donors (Lipinski definition) is 2. The molecule has 2 rings (SSSR count). The van der Waals surface area contributed by atoms with Crippen molar-refractivity contribution in [2.75, 3.05) is 45.9 Å². The zero-order valence-corrected chi connectivity index (χ0v) is 13.0. The van der Waals surface area contributed by atoms with Crippen molar-refractivity contribution in [1.29, 1.82) is 0 Å². The second-order valence-corrected chi connectivity index (χ2v) is 5.01. The number of nitrogens with one attached hydrogen (secondary N) is 2. The van der Waals surface area contributed by atoms with E-state index in [0.717, 1.165) is 52.4 Å². The molecule has 2 N–H and O–H groups in total. The molecule has 0 aromatic carbocycles. The van der Waals surface area contributed by atoms with Gasteiger partial charge in [-0.25, -0.2) is 0 Å². The van der Waals surface area contributed by atoms with Crippen molar-refractivity contribution < 1.29 is 9.53 Å². The van der Waals surface area contributed by atoms with Crippen LogP contribution in [-0.2, 0) is 9.53 Å². The number of nitrogens with zero attached hydrogens (tertiary/aromatic N) is 1. The summed E-state index contributed by atoms with van der Waals surface area (Å²) in [4.78, 5) is 14.3. The minimum Gasteiger partial charge on any atom is -0.379 e. The Bertz CT molecular complexity index is 257. The van der Waals surface area contributed by atoms with Crippen LogP contribution >= 0.6 is 24.8 Å². The molecule has 2 heterocycles. The summed E-state index contributed by atoms with van der Waals surface area (Å²) in [7, 11) is 0. The molecule has 5 nitrogen and oxygen atoms in total. The highest BCUT2D eigenvalue weighted by Gasteiger charge is 2.24. The molecule has 2 aliphatic rings. The third kappa shape index (κ3) is 6.27. The van der Waals surface area contributed by atoms with Crippen molar-refractivity contribution >= 4 is 30.7 Å². The number of amides is 1. The van der Waals surface area contributed by atoms with Crippen LogP contribution < -0.4 is 10.6 Å². The SMILES string of the molecule is CC(CN1CCOCC1)NC(=O)C1CCNC1.Cl.Cl. The molecule has 0 bridgehead atoms. The molecule has 0 aliphatic carbocycles. The highest BCUT2D eigenvalue weighted by Crippen LogP contribution is 2.08. The van der Waals surface area contributed by atoms with Crippen molar-refractivity contribution in [1.82, 2.24) is 15.5 Å². The van der Waals surface area contributed by atoms with E-state index in [1.165, 1.54) is 0 Å². The van der Waals surface area contributed by atoms with Gasteiger partial charge in [-0.2, -0.15) is 0 Å². The Morgan fingerprint density at radius 2 is 2.11 bits per heavy atom. The molecule has 0 saturated carbocycles. The summed E-state index contributed by atoms with van der Waals surface area (Å²) in [6.45, 7) is 8.38. The lowest BCUT2D eigenvalue weighted by molar-refractivity contribution is -0.125. The second kappa shape index (κ2) is 9.77. The van der Waals surface area contributed by atoms with Gasteiger partial charge in [0.1, 0.15) is 0 Å². The molecule has 0 aromatic rings. The van der Waals surface area contributed by atoms with Crippen molar-refractivity contribution in [2.45, 2.75) is 19.4 Å². The van der Waals surface area contributed by atoms with Gasteiger partial charge >= 0.3 is 0 Å². The summed E-state index contributed by atoms with van der Waals surface area (Å²) >= 11 is 0. The van der Waals surface area contributed by atoms with Gasteiger partial charge in [-0.15, -0.1) is 24.8 Å². The molecule has 7 heteroatoms. The lowest BCUT2D eigenvalue weighted by atomic mass is 10.1. The van der Waals surface area contributed by atoms with Gasteiger partial charge in [-0.3, -0.25) is 9.69 Å². The second-order valence-electron chi connectivity index (χ2n) is 5.01. The van der Waals surface area contributed by atoms with Gasteiger partial charge in [0.25, 0.3) is 0 Å². The molecule has 0 radical (unpaired) electrons. The van der Waals surface area contributed by atoms with E-state index >= 15 is 0 Å². The van der Waals surface area contributed by atoms with Gasteiger partial charge in [-0.1, -0.05) is 0 Å². The zero-order valence-electron chi connectivity index (χ0n) is 11.4. The number of ether oxygens (including phenoxy) is 1. The fourth-order valence-corrected chi connectivity index (χ4v) is 2.46. The predicted octanol–water partition coefficient (Wildman–Crippen LogP) is 0.276. The van der Waals surface area contributed by atoms with Crippen molar-refractivity contribution in [3.05, 3.63) is 0 Å². The van der Waals surface area contributed by atoms with E-state index in [4.69, 9.17) is 4.74 Å². The first-order valence-electron chi connectivity index (χ1n) is 6.57. The van der Waals surface area contributed by atoms with E-state index in [0.29, 0.717) is 0 Å². The Morgan fingerprint density at radius 3 is 2.68 bits per heavy atom. The Morgan fingerprint density at radius 1 is 1.42 bits per heavy atom. The molecular weight excluding hydrogens is 289 g/mol. The van der Waals surface area contributed by atoms with E-state index in [1.54, 1.807) is 0 Å². The molecule has 1 amide bonds. The monoisotopic (exact) mass is 313 g/mol. The number of rotatable bonds is 4. The van der Waals surface area contributed by atoms with Crippen molar-refractivity contribution in [3.63, 3.8) is 0 Å². The van der Waals surface area contributed by atoms with E-state index < -0.39 is 0 Å². The molecule has 114 valence electrons. The zero-order chi connectivity index (χ0) is 12.1. The smallest absolute Gasteiger partial charge is 0.224 e. The molecule has 2 fully saturated rings. The Labute approximate surface area is 127 Å². The van der Waals surface area contributed by atoms with Crippen LogP contribution in [0.2, 0.25) is 0 Å². The third-order valence-corrected chi connectivity index (χ3v) is 3.46. The van der Waals surface area contributed by atoms with Gasteiger partial charge in [0.2, 0.25) is 5.91 Å². The van der Waals surface area contributed by atoms with Crippen molar-refractivity contribution in [2.24, 2.45) is 5.92 Å². The fraction of sp³-hybridized carbons (Fsp3) is 0.917. The highest BCUT2D eigenvalue weighted by atomic mass is 35.5. The number of carbonyl (C=O) groups excluding carboxylic acids is 1. The number of morpholine rings is 1. The highest BCUT2D eigenvalue weighted by molar-refractivity contribution is 5.85. The van der Waals surface area contributed by atoms with E-state index in [-0.39, 0.29) is 42.7 Å². The summed E-state index contributed by atoms with van der Waals surface area (Å²) in [5.41, 5.74) is 0. The third-order valence-electron chi connectivity index (χ3n) is 3.46. The number of hydrogen-bond acceptors (Lipinski definition) is 4. The average molecular weight is 314 g/mol. The molecule has 2 atom stereocenters. The maximum Gasteiger partial charge on any atom is 0.224 e. The summed E-state index contributed by atoms with van der Waals surface area (Å²) < 4.78 is 5.31. The topological polar surface area (TPSA) is 53.6 Å². The van der Waals surface area contributed by atoms with Crippen LogP contribution in [-0.4, -0.2) is 62.8 Å². The van der Waals surface area contributed by atoms with Gasteiger partial charge in [-0.05, 0) is 19.9 Å². The van der Waals surface area contributed by atoms with Gasteiger partial charge in [0.05, 0.1) is 19.1 Å². The molecule has 0 spiro atoms. The lowest BCUT2D eigenvalue weighted by Crippen LogP contribution is -2.47. The van der Waals surface area contributed by atoms with Crippen LogP contribution in [0.1, 0.15) is 13.3 Å². The van der Waals surface area contributed by atoms with Crippen LogP contribution in [0.15, 0.2) is 0 Å². The lowest BCUT2D eigenvalue weighted by Gasteiger charge is -2.29. The minimum absolute atomic E-state index is 0. The van der Waals surface area contributed by atoms with Crippen LogP contribution in [0.5, 0.6) is 0 Å². The molecule has 0 aromatic heterocycles. The van der Waals surface area contributed by atoms with Gasteiger partial charge in [0, 0.05) is 32.2 Å². The van der Waals surface area contributed by atoms with Crippen LogP contribution in [0, 0.1) is 5.92 Å². The fourth-order valence-electron chi connectivity index (χ4n) is 2.46. The first-order chi connectivity index (χ1) is 8.25.